The minimum absolute atomic E-state index is 0.262. The zero-order chi connectivity index (χ0) is 14.4. The molecular formula is C15H21N3OS. The van der Waals surface area contributed by atoms with Crippen LogP contribution in [0.4, 0.5) is 5.82 Å². The molecule has 0 aliphatic rings. The third-order valence-corrected chi connectivity index (χ3v) is 3.79. The number of fused-ring (bicyclic) bond motifs is 1. The number of nitrogens with zero attached hydrogens (tertiary/aromatic N) is 2. The van der Waals surface area contributed by atoms with E-state index in [0.29, 0.717) is 6.61 Å². The standard InChI is InChI=1S/C15H21N3OS/c1-4-11(10-19-3)16-14-12-8-6-7-9-13(12)17-15(18-14)20-5-2/h6-9,11H,4-5,10H2,1-3H3,(H,16,17,18). The van der Waals surface area contributed by atoms with E-state index in [4.69, 9.17) is 4.74 Å². The second-order valence-electron chi connectivity index (χ2n) is 4.51. The lowest BCUT2D eigenvalue weighted by molar-refractivity contribution is 0.184. The summed E-state index contributed by atoms with van der Waals surface area (Å²) in [6.07, 6.45) is 0.989. The molecule has 0 amide bonds. The van der Waals surface area contributed by atoms with Gasteiger partial charge >= 0.3 is 0 Å². The van der Waals surface area contributed by atoms with Gasteiger partial charge < -0.3 is 10.1 Å². The number of hydrogen-bond acceptors (Lipinski definition) is 5. The first-order chi connectivity index (χ1) is 9.78. The summed E-state index contributed by atoms with van der Waals surface area (Å²) in [4.78, 5) is 9.23. The van der Waals surface area contributed by atoms with Gasteiger partial charge in [0, 0.05) is 12.5 Å². The third-order valence-electron chi connectivity index (χ3n) is 3.06. The number of rotatable bonds is 7. The SMILES string of the molecule is CCSc1nc(NC(CC)COC)c2ccccc2n1. The molecule has 0 saturated heterocycles. The molecular weight excluding hydrogens is 270 g/mol. The van der Waals surface area contributed by atoms with E-state index in [2.05, 4.69) is 35.2 Å². The Hall–Kier alpha value is -1.33. The Morgan fingerprint density at radius 1 is 1.25 bits per heavy atom. The molecule has 0 radical (unpaired) electrons. The van der Waals surface area contributed by atoms with Gasteiger partial charge in [0.05, 0.1) is 18.2 Å². The van der Waals surface area contributed by atoms with Crippen molar-refractivity contribution in [1.29, 1.82) is 0 Å². The summed E-state index contributed by atoms with van der Waals surface area (Å²) in [6, 6.07) is 8.36. The molecule has 1 N–H and O–H groups in total. The molecule has 1 unspecified atom stereocenters. The van der Waals surface area contributed by atoms with E-state index in [1.54, 1.807) is 18.9 Å². The van der Waals surface area contributed by atoms with Crippen molar-refractivity contribution in [3.63, 3.8) is 0 Å². The highest BCUT2D eigenvalue weighted by Crippen LogP contribution is 2.25. The third kappa shape index (κ3) is 3.61. The van der Waals surface area contributed by atoms with Gasteiger partial charge in [-0.1, -0.05) is 37.7 Å². The van der Waals surface area contributed by atoms with Crippen LogP contribution in [0.3, 0.4) is 0 Å². The second-order valence-corrected chi connectivity index (χ2v) is 5.74. The van der Waals surface area contributed by atoms with Gasteiger partial charge in [-0.15, -0.1) is 0 Å². The first kappa shape index (κ1) is 15.1. The van der Waals surface area contributed by atoms with Crippen molar-refractivity contribution in [3.05, 3.63) is 24.3 Å². The van der Waals surface area contributed by atoms with Crippen LogP contribution in [0.25, 0.3) is 10.9 Å². The fraction of sp³-hybridized carbons (Fsp3) is 0.467. The first-order valence-electron chi connectivity index (χ1n) is 6.93. The van der Waals surface area contributed by atoms with Crippen LogP contribution < -0.4 is 5.32 Å². The lowest BCUT2D eigenvalue weighted by Crippen LogP contribution is -2.24. The Labute approximate surface area is 124 Å². The van der Waals surface area contributed by atoms with E-state index in [1.165, 1.54) is 0 Å². The molecule has 108 valence electrons. The molecule has 1 aromatic carbocycles. The van der Waals surface area contributed by atoms with Crippen LogP contribution in [0.5, 0.6) is 0 Å². The highest BCUT2D eigenvalue weighted by atomic mass is 32.2. The lowest BCUT2D eigenvalue weighted by Gasteiger charge is -2.18. The van der Waals surface area contributed by atoms with Gasteiger partial charge in [-0.05, 0) is 24.3 Å². The summed E-state index contributed by atoms with van der Waals surface area (Å²) < 4.78 is 5.25. The normalized spacial score (nSPS) is 12.6. The van der Waals surface area contributed by atoms with Gasteiger partial charge in [0.25, 0.3) is 0 Å². The summed E-state index contributed by atoms with van der Waals surface area (Å²) in [5.74, 6) is 1.86. The average molecular weight is 291 g/mol. The number of ether oxygens (including phenoxy) is 1. The molecule has 5 heteroatoms. The molecule has 20 heavy (non-hydrogen) atoms. The van der Waals surface area contributed by atoms with E-state index in [9.17, 15) is 0 Å². The molecule has 1 heterocycles. The van der Waals surface area contributed by atoms with Crippen molar-refractivity contribution in [2.75, 3.05) is 24.8 Å². The fourth-order valence-electron chi connectivity index (χ4n) is 2.02. The van der Waals surface area contributed by atoms with Crippen molar-refractivity contribution in [2.45, 2.75) is 31.5 Å². The van der Waals surface area contributed by atoms with Crippen LogP contribution in [0.15, 0.2) is 29.4 Å². The van der Waals surface area contributed by atoms with Gasteiger partial charge in [0.2, 0.25) is 0 Å². The highest BCUT2D eigenvalue weighted by Gasteiger charge is 2.11. The molecule has 0 aliphatic heterocycles. The van der Waals surface area contributed by atoms with Crippen molar-refractivity contribution >= 4 is 28.5 Å². The maximum atomic E-state index is 5.25. The monoisotopic (exact) mass is 291 g/mol. The van der Waals surface area contributed by atoms with Crippen LogP contribution in [0, 0.1) is 0 Å². The van der Waals surface area contributed by atoms with Gasteiger partial charge in [-0.25, -0.2) is 9.97 Å². The number of nitrogens with one attached hydrogen (secondary N) is 1. The Balaban J connectivity index is 2.38. The van der Waals surface area contributed by atoms with Crippen LogP contribution in [0.1, 0.15) is 20.3 Å². The zero-order valence-corrected chi connectivity index (χ0v) is 13.0. The first-order valence-corrected chi connectivity index (χ1v) is 7.92. The molecule has 1 aromatic heterocycles. The molecule has 0 bridgehead atoms. The zero-order valence-electron chi connectivity index (χ0n) is 12.2. The van der Waals surface area contributed by atoms with Crippen molar-refractivity contribution in [3.8, 4) is 0 Å². The summed E-state index contributed by atoms with van der Waals surface area (Å²) in [5, 5.41) is 5.36. The topological polar surface area (TPSA) is 47.0 Å². The lowest BCUT2D eigenvalue weighted by atomic mass is 10.2. The average Bonchev–Trinajstić information content (AvgIpc) is 2.47. The molecule has 1 atom stereocenters. The molecule has 0 aliphatic carbocycles. The largest absolute Gasteiger partial charge is 0.383 e. The minimum Gasteiger partial charge on any atom is -0.383 e. The van der Waals surface area contributed by atoms with Crippen LogP contribution in [-0.4, -0.2) is 35.5 Å². The van der Waals surface area contributed by atoms with Gasteiger partial charge in [-0.2, -0.15) is 0 Å². The van der Waals surface area contributed by atoms with Gasteiger partial charge in [0.1, 0.15) is 5.82 Å². The van der Waals surface area contributed by atoms with Crippen LogP contribution in [0.2, 0.25) is 0 Å². The molecule has 4 nitrogen and oxygen atoms in total. The minimum atomic E-state index is 0.262. The Kier molecular flexibility index (Phi) is 5.61. The van der Waals surface area contributed by atoms with Gasteiger partial charge in [0.15, 0.2) is 5.16 Å². The highest BCUT2D eigenvalue weighted by molar-refractivity contribution is 7.99. The smallest absolute Gasteiger partial charge is 0.190 e. The van der Waals surface area contributed by atoms with E-state index in [0.717, 1.165) is 34.1 Å². The molecule has 0 saturated carbocycles. The Morgan fingerprint density at radius 3 is 2.75 bits per heavy atom. The number of benzene rings is 1. The van der Waals surface area contributed by atoms with Gasteiger partial charge in [-0.3, -0.25) is 0 Å². The Bertz CT molecular complexity index is 562. The van der Waals surface area contributed by atoms with Crippen molar-refractivity contribution in [2.24, 2.45) is 0 Å². The quantitative estimate of drug-likeness (QED) is 0.624. The number of aromatic nitrogens is 2. The predicted molar refractivity (Wildman–Crippen MR) is 85.5 cm³/mol. The summed E-state index contributed by atoms with van der Waals surface area (Å²) >= 11 is 1.66. The van der Waals surface area contributed by atoms with E-state index >= 15 is 0 Å². The summed E-state index contributed by atoms with van der Waals surface area (Å²) in [6.45, 7) is 4.92. The Morgan fingerprint density at radius 2 is 2.05 bits per heavy atom. The maximum absolute atomic E-state index is 5.25. The summed E-state index contributed by atoms with van der Waals surface area (Å²) in [7, 11) is 1.72. The number of anilines is 1. The second kappa shape index (κ2) is 7.45. The van der Waals surface area contributed by atoms with Crippen molar-refractivity contribution < 1.29 is 4.74 Å². The molecule has 2 aromatic rings. The molecule has 2 rings (SSSR count). The van der Waals surface area contributed by atoms with E-state index in [-0.39, 0.29) is 6.04 Å². The van der Waals surface area contributed by atoms with Crippen LogP contribution >= 0.6 is 11.8 Å². The number of hydrogen-bond donors (Lipinski definition) is 1. The molecule has 0 spiro atoms. The van der Waals surface area contributed by atoms with Crippen molar-refractivity contribution in [1.82, 2.24) is 9.97 Å². The van der Waals surface area contributed by atoms with E-state index in [1.807, 2.05) is 18.2 Å². The van der Waals surface area contributed by atoms with Crippen LogP contribution in [-0.2, 0) is 4.74 Å². The number of para-hydroxylation sites is 1. The molecule has 0 fully saturated rings. The van der Waals surface area contributed by atoms with E-state index < -0.39 is 0 Å². The number of methoxy groups -OCH3 is 1. The predicted octanol–water partition coefficient (Wildman–Crippen LogP) is 3.58. The fourth-order valence-corrected chi connectivity index (χ4v) is 2.59. The summed E-state index contributed by atoms with van der Waals surface area (Å²) in [5.41, 5.74) is 0.980. The maximum Gasteiger partial charge on any atom is 0.190 e. The number of thioether (sulfide) groups is 1.